The largest absolute Gasteiger partial charge is 0.394 e. The quantitative estimate of drug-likeness (QED) is 0.814. The first-order chi connectivity index (χ1) is 8.13. The maximum absolute atomic E-state index is 12.1. The van der Waals surface area contributed by atoms with Gasteiger partial charge >= 0.3 is 0 Å². The molecule has 1 aliphatic rings. The number of nitrogens with two attached hydrogens (primary N) is 1. The fraction of sp³-hybridized carbons (Fsp3) is 0.636. The SMILES string of the molecule is CCC1OCCC1C(=O)Nc1c(N)cnn1C. The maximum Gasteiger partial charge on any atom is 0.231 e. The van der Waals surface area contributed by atoms with E-state index in [0.29, 0.717) is 18.1 Å². The fourth-order valence-electron chi connectivity index (χ4n) is 2.17. The molecule has 1 saturated heterocycles. The van der Waals surface area contributed by atoms with Crippen LogP contribution in [0.25, 0.3) is 0 Å². The second-order valence-electron chi connectivity index (χ2n) is 4.27. The lowest BCUT2D eigenvalue weighted by atomic mass is 9.99. The highest BCUT2D eigenvalue weighted by Gasteiger charge is 2.33. The first-order valence-electron chi connectivity index (χ1n) is 5.83. The Hall–Kier alpha value is -1.56. The van der Waals surface area contributed by atoms with E-state index in [-0.39, 0.29) is 17.9 Å². The first kappa shape index (κ1) is 11.9. The van der Waals surface area contributed by atoms with Crippen LogP contribution in [-0.2, 0) is 16.6 Å². The molecule has 3 N–H and O–H groups in total. The van der Waals surface area contributed by atoms with Gasteiger partial charge in [0.15, 0.2) is 5.82 Å². The van der Waals surface area contributed by atoms with Gasteiger partial charge in [-0.05, 0) is 12.8 Å². The molecule has 6 heteroatoms. The number of amides is 1. The van der Waals surface area contributed by atoms with Crippen LogP contribution in [0.4, 0.5) is 11.5 Å². The smallest absolute Gasteiger partial charge is 0.231 e. The van der Waals surface area contributed by atoms with Crippen LogP contribution < -0.4 is 11.1 Å². The number of nitrogens with one attached hydrogen (secondary N) is 1. The van der Waals surface area contributed by atoms with Gasteiger partial charge in [-0.3, -0.25) is 9.48 Å². The maximum atomic E-state index is 12.1. The third kappa shape index (κ3) is 2.26. The van der Waals surface area contributed by atoms with Gasteiger partial charge in [-0.15, -0.1) is 0 Å². The van der Waals surface area contributed by atoms with Crippen molar-refractivity contribution in [1.82, 2.24) is 9.78 Å². The number of rotatable bonds is 3. The van der Waals surface area contributed by atoms with Gasteiger partial charge in [-0.1, -0.05) is 6.92 Å². The monoisotopic (exact) mass is 238 g/mol. The van der Waals surface area contributed by atoms with E-state index < -0.39 is 0 Å². The number of anilines is 2. The summed E-state index contributed by atoms with van der Waals surface area (Å²) < 4.78 is 7.06. The molecule has 0 saturated carbocycles. The number of hydrogen-bond acceptors (Lipinski definition) is 4. The molecule has 6 nitrogen and oxygen atoms in total. The molecule has 2 rings (SSSR count). The van der Waals surface area contributed by atoms with Crippen molar-refractivity contribution < 1.29 is 9.53 Å². The fourth-order valence-corrected chi connectivity index (χ4v) is 2.17. The van der Waals surface area contributed by atoms with Crippen LogP contribution >= 0.6 is 0 Å². The summed E-state index contributed by atoms with van der Waals surface area (Å²) in [6.07, 6.45) is 3.16. The van der Waals surface area contributed by atoms with Gasteiger partial charge < -0.3 is 15.8 Å². The molecule has 2 atom stereocenters. The summed E-state index contributed by atoms with van der Waals surface area (Å²) in [5.41, 5.74) is 6.21. The van der Waals surface area contributed by atoms with E-state index >= 15 is 0 Å². The van der Waals surface area contributed by atoms with Gasteiger partial charge in [-0.25, -0.2) is 0 Å². The molecule has 1 aromatic rings. The van der Waals surface area contributed by atoms with Crippen molar-refractivity contribution in [2.24, 2.45) is 13.0 Å². The molecule has 2 heterocycles. The number of ether oxygens (including phenoxy) is 1. The van der Waals surface area contributed by atoms with E-state index in [1.807, 2.05) is 6.92 Å². The van der Waals surface area contributed by atoms with Gasteiger partial charge in [0.2, 0.25) is 5.91 Å². The third-order valence-corrected chi connectivity index (χ3v) is 3.16. The molecule has 0 radical (unpaired) electrons. The van der Waals surface area contributed by atoms with Crippen LogP contribution in [0, 0.1) is 5.92 Å². The Morgan fingerprint density at radius 1 is 1.76 bits per heavy atom. The van der Waals surface area contributed by atoms with Crippen molar-refractivity contribution >= 4 is 17.4 Å². The Bertz CT molecular complexity index is 396. The highest BCUT2D eigenvalue weighted by molar-refractivity contribution is 5.94. The minimum atomic E-state index is -0.0886. The van der Waals surface area contributed by atoms with Crippen molar-refractivity contribution in [2.75, 3.05) is 17.7 Å². The molecule has 1 amide bonds. The summed E-state index contributed by atoms with van der Waals surface area (Å²) >= 11 is 0. The Morgan fingerprint density at radius 2 is 2.53 bits per heavy atom. The van der Waals surface area contributed by atoms with Crippen LogP contribution in [-0.4, -0.2) is 28.4 Å². The van der Waals surface area contributed by atoms with E-state index in [1.165, 1.54) is 6.20 Å². The summed E-state index contributed by atoms with van der Waals surface area (Å²) in [4.78, 5) is 12.1. The van der Waals surface area contributed by atoms with E-state index in [0.717, 1.165) is 12.8 Å². The lowest BCUT2D eigenvalue weighted by molar-refractivity contribution is -0.121. The van der Waals surface area contributed by atoms with E-state index in [2.05, 4.69) is 10.4 Å². The molecule has 1 aliphatic heterocycles. The summed E-state index contributed by atoms with van der Waals surface area (Å²) in [5.74, 6) is 0.427. The van der Waals surface area contributed by atoms with Crippen molar-refractivity contribution in [3.8, 4) is 0 Å². The minimum absolute atomic E-state index is 0.0180. The molecule has 1 aromatic heterocycles. The lowest BCUT2D eigenvalue weighted by Gasteiger charge is -2.16. The van der Waals surface area contributed by atoms with Gasteiger partial charge in [0, 0.05) is 13.7 Å². The summed E-state index contributed by atoms with van der Waals surface area (Å²) in [5, 5.41) is 6.80. The summed E-state index contributed by atoms with van der Waals surface area (Å²) in [6.45, 7) is 2.67. The molecule has 0 aromatic carbocycles. The number of aryl methyl sites for hydroxylation is 1. The van der Waals surface area contributed by atoms with Crippen molar-refractivity contribution in [1.29, 1.82) is 0 Å². The molecule has 0 bridgehead atoms. The van der Waals surface area contributed by atoms with Crippen molar-refractivity contribution in [3.05, 3.63) is 6.20 Å². The normalized spacial score (nSPS) is 23.9. The van der Waals surface area contributed by atoms with Gasteiger partial charge in [0.1, 0.15) is 0 Å². The second kappa shape index (κ2) is 4.75. The molecule has 94 valence electrons. The molecule has 17 heavy (non-hydrogen) atoms. The molecule has 2 unspecified atom stereocenters. The predicted octanol–water partition coefficient (Wildman–Crippen LogP) is 0.756. The second-order valence-corrected chi connectivity index (χ2v) is 4.27. The zero-order valence-corrected chi connectivity index (χ0v) is 10.1. The number of carbonyl (C=O) groups is 1. The highest BCUT2D eigenvalue weighted by atomic mass is 16.5. The zero-order valence-electron chi connectivity index (χ0n) is 10.1. The molecule has 0 aliphatic carbocycles. The highest BCUT2D eigenvalue weighted by Crippen LogP contribution is 2.26. The number of nitrogens with zero attached hydrogens (tertiary/aromatic N) is 2. The zero-order chi connectivity index (χ0) is 12.4. The first-order valence-corrected chi connectivity index (χ1v) is 5.83. The molecule has 0 spiro atoms. The van der Waals surface area contributed by atoms with Crippen molar-refractivity contribution in [3.63, 3.8) is 0 Å². The molecular formula is C11H18N4O2. The number of aromatic nitrogens is 2. The van der Waals surface area contributed by atoms with E-state index in [9.17, 15) is 4.79 Å². The van der Waals surface area contributed by atoms with E-state index in [4.69, 9.17) is 10.5 Å². The Labute approximate surface area is 100 Å². The Kier molecular flexibility index (Phi) is 3.33. The van der Waals surface area contributed by atoms with Crippen LogP contribution in [0.15, 0.2) is 6.20 Å². The summed E-state index contributed by atoms with van der Waals surface area (Å²) in [6, 6.07) is 0. The predicted molar refractivity (Wildman–Crippen MR) is 64.4 cm³/mol. The van der Waals surface area contributed by atoms with Crippen LogP contribution in [0.5, 0.6) is 0 Å². The average Bonchev–Trinajstić information content (AvgIpc) is 2.90. The van der Waals surface area contributed by atoms with Crippen LogP contribution in [0.2, 0.25) is 0 Å². The van der Waals surface area contributed by atoms with Crippen LogP contribution in [0.1, 0.15) is 19.8 Å². The lowest BCUT2D eigenvalue weighted by Crippen LogP contribution is -2.30. The van der Waals surface area contributed by atoms with Gasteiger partial charge in [-0.2, -0.15) is 5.10 Å². The Balaban J connectivity index is 2.07. The molecular weight excluding hydrogens is 220 g/mol. The minimum Gasteiger partial charge on any atom is -0.394 e. The Morgan fingerprint density at radius 3 is 3.12 bits per heavy atom. The van der Waals surface area contributed by atoms with Gasteiger partial charge in [0.05, 0.1) is 23.9 Å². The topological polar surface area (TPSA) is 82.2 Å². The number of nitrogen functional groups attached to an aromatic ring is 1. The average molecular weight is 238 g/mol. The van der Waals surface area contributed by atoms with Gasteiger partial charge in [0.25, 0.3) is 0 Å². The number of hydrogen-bond donors (Lipinski definition) is 2. The van der Waals surface area contributed by atoms with Crippen molar-refractivity contribution in [2.45, 2.75) is 25.9 Å². The summed E-state index contributed by atoms with van der Waals surface area (Å²) in [7, 11) is 1.74. The van der Waals surface area contributed by atoms with Crippen LogP contribution in [0.3, 0.4) is 0 Å². The third-order valence-electron chi connectivity index (χ3n) is 3.16. The standard InChI is InChI=1S/C11H18N4O2/c1-3-9-7(4-5-17-9)11(16)14-10-8(12)6-13-15(10)2/h6-7,9H,3-5,12H2,1-2H3,(H,14,16). The molecule has 1 fully saturated rings. The van der Waals surface area contributed by atoms with E-state index in [1.54, 1.807) is 11.7 Å². The number of carbonyl (C=O) groups excluding carboxylic acids is 1.